The molecule has 0 amide bonds. The average molecular weight is 249 g/mol. The molecule has 2 rings (SSSR count). The molecule has 2 N–H and O–H groups in total. The zero-order valence-corrected chi connectivity index (χ0v) is 9.99. The lowest BCUT2D eigenvalue weighted by atomic mass is 10.0. The van der Waals surface area contributed by atoms with Crippen LogP contribution in [-0.4, -0.2) is 21.0 Å². The molecule has 0 radical (unpaired) electrons. The Kier molecular flexibility index (Phi) is 3.10. The fourth-order valence-corrected chi connectivity index (χ4v) is 2.05. The normalized spacial score (nSPS) is 10.4. The standard InChI is InChI=1S/C12H11NO3S/c1-7-2-9(12(16)4-10(7)14)11(15)3-8-5-17-6-13-8/h2,4-6,14,16H,3H2,1H3. The molecule has 2 aromatic rings. The monoisotopic (exact) mass is 249 g/mol. The molecule has 0 aliphatic rings. The maximum atomic E-state index is 11.9. The number of phenolic OH excluding ortho intramolecular Hbond substituents is 2. The van der Waals surface area contributed by atoms with Gasteiger partial charge in [-0.3, -0.25) is 4.79 Å². The summed E-state index contributed by atoms with van der Waals surface area (Å²) >= 11 is 1.42. The highest BCUT2D eigenvalue weighted by molar-refractivity contribution is 7.07. The Morgan fingerprint density at radius 1 is 1.35 bits per heavy atom. The van der Waals surface area contributed by atoms with Crippen LogP contribution in [0.2, 0.25) is 0 Å². The van der Waals surface area contributed by atoms with E-state index in [4.69, 9.17) is 0 Å². The first kappa shape index (κ1) is 11.6. The van der Waals surface area contributed by atoms with Gasteiger partial charge in [0, 0.05) is 11.4 Å². The van der Waals surface area contributed by atoms with Gasteiger partial charge in [0.25, 0.3) is 0 Å². The van der Waals surface area contributed by atoms with Crippen molar-refractivity contribution in [2.75, 3.05) is 0 Å². The molecule has 0 aliphatic carbocycles. The van der Waals surface area contributed by atoms with Crippen LogP contribution in [0, 0.1) is 6.92 Å². The van der Waals surface area contributed by atoms with Gasteiger partial charge in [0.1, 0.15) is 11.5 Å². The zero-order valence-electron chi connectivity index (χ0n) is 9.17. The van der Waals surface area contributed by atoms with Crippen LogP contribution in [0.5, 0.6) is 11.5 Å². The molecule has 0 unspecified atom stereocenters. The van der Waals surface area contributed by atoms with Gasteiger partial charge in [-0.2, -0.15) is 0 Å². The molecule has 0 bridgehead atoms. The average Bonchev–Trinajstić information content (AvgIpc) is 2.76. The van der Waals surface area contributed by atoms with Crippen LogP contribution < -0.4 is 0 Å². The highest BCUT2D eigenvalue weighted by atomic mass is 32.1. The van der Waals surface area contributed by atoms with Crippen LogP contribution in [0.4, 0.5) is 0 Å². The minimum Gasteiger partial charge on any atom is -0.508 e. The van der Waals surface area contributed by atoms with Crippen molar-refractivity contribution >= 4 is 17.1 Å². The second-order valence-corrected chi connectivity index (χ2v) is 4.45. The van der Waals surface area contributed by atoms with Gasteiger partial charge >= 0.3 is 0 Å². The molecule has 0 saturated heterocycles. The number of thiazole rings is 1. The van der Waals surface area contributed by atoms with Gasteiger partial charge in [-0.15, -0.1) is 11.3 Å². The van der Waals surface area contributed by atoms with E-state index in [1.165, 1.54) is 23.5 Å². The second kappa shape index (κ2) is 4.55. The van der Waals surface area contributed by atoms with E-state index in [1.807, 2.05) is 0 Å². The molecule has 17 heavy (non-hydrogen) atoms. The Morgan fingerprint density at radius 2 is 2.12 bits per heavy atom. The number of hydrogen-bond acceptors (Lipinski definition) is 5. The fourth-order valence-electron chi connectivity index (χ4n) is 1.49. The van der Waals surface area contributed by atoms with Crippen LogP contribution in [0.15, 0.2) is 23.0 Å². The lowest BCUT2D eigenvalue weighted by molar-refractivity contribution is 0.0989. The highest BCUT2D eigenvalue weighted by Crippen LogP contribution is 2.27. The summed E-state index contributed by atoms with van der Waals surface area (Å²) in [4.78, 5) is 15.9. The summed E-state index contributed by atoms with van der Waals surface area (Å²) in [7, 11) is 0. The Morgan fingerprint density at radius 3 is 2.76 bits per heavy atom. The number of nitrogens with zero attached hydrogens (tertiary/aromatic N) is 1. The SMILES string of the molecule is Cc1cc(C(=O)Cc2cscn2)c(O)cc1O. The molecule has 1 aromatic carbocycles. The number of aromatic nitrogens is 1. The summed E-state index contributed by atoms with van der Waals surface area (Å²) < 4.78 is 0. The highest BCUT2D eigenvalue weighted by Gasteiger charge is 2.14. The summed E-state index contributed by atoms with van der Waals surface area (Å²) in [5, 5.41) is 20.8. The molecule has 0 fully saturated rings. The first-order chi connectivity index (χ1) is 8.08. The van der Waals surface area contributed by atoms with Crippen LogP contribution in [0.3, 0.4) is 0 Å². The van der Waals surface area contributed by atoms with Crippen molar-refractivity contribution in [1.82, 2.24) is 4.98 Å². The Labute approximate surface area is 102 Å². The van der Waals surface area contributed by atoms with Gasteiger partial charge < -0.3 is 10.2 Å². The van der Waals surface area contributed by atoms with Crippen molar-refractivity contribution in [3.63, 3.8) is 0 Å². The van der Waals surface area contributed by atoms with Gasteiger partial charge in [0.15, 0.2) is 5.78 Å². The van der Waals surface area contributed by atoms with Crippen molar-refractivity contribution in [3.8, 4) is 11.5 Å². The Hall–Kier alpha value is -1.88. The van der Waals surface area contributed by atoms with Crippen molar-refractivity contribution in [3.05, 3.63) is 39.8 Å². The summed E-state index contributed by atoms with van der Waals surface area (Å²) in [6.45, 7) is 1.67. The molecule has 0 atom stereocenters. The summed E-state index contributed by atoms with van der Waals surface area (Å²) in [5.74, 6) is -0.433. The second-order valence-electron chi connectivity index (χ2n) is 3.74. The van der Waals surface area contributed by atoms with E-state index in [2.05, 4.69) is 4.98 Å². The largest absolute Gasteiger partial charge is 0.508 e. The predicted molar refractivity (Wildman–Crippen MR) is 64.7 cm³/mol. The molecule has 0 saturated carbocycles. The minimum atomic E-state index is -0.212. The summed E-state index contributed by atoms with van der Waals surface area (Å²) in [6.07, 6.45) is 0.154. The van der Waals surface area contributed by atoms with Crippen LogP contribution in [0.25, 0.3) is 0 Å². The summed E-state index contributed by atoms with van der Waals surface area (Å²) in [5.41, 5.74) is 3.12. The predicted octanol–water partition coefficient (Wildman–Crippen LogP) is 2.29. The smallest absolute Gasteiger partial charge is 0.172 e. The molecular formula is C12H11NO3S. The van der Waals surface area contributed by atoms with Gasteiger partial charge in [-0.25, -0.2) is 4.98 Å². The quantitative estimate of drug-likeness (QED) is 0.819. The van der Waals surface area contributed by atoms with Crippen molar-refractivity contribution in [2.45, 2.75) is 13.3 Å². The molecule has 0 aliphatic heterocycles. The zero-order chi connectivity index (χ0) is 12.4. The minimum absolute atomic E-state index is 0.0206. The van der Waals surface area contributed by atoms with Crippen LogP contribution >= 0.6 is 11.3 Å². The topological polar surface area (TPSA) is 70.4 Å². The number of ketones is 1. The number of phenols is 2. The molecular weight excluding hydrogens is 238 g/mol. The molecule has 5 heteroatoms. The van der Waals surface area contributed by atoms with Gasteiger partial charge in [-0.05, 0) is 18.6 Å². The van der Waals surface area contributed by atoms with Gasteiger partial charge in [-0.1, -0.05) is 0 Å². The number of carbonyl (C=O) groups excluding carboxylic acids is 1. The number of carbonyl (C=O) groups is 1. The number of benzene rings is 1. The van der Waals surface area contributed by atoms with E-state index in [0.29, 0.717) is 11.3 Å². The first-order valence-electron chi connectivity index (χ1n) is 5.01. The van der Waals surface area contributed by atoms with E-state index in [0.717, 1.165) is 0 Å². The Balaban J connectivity index is 2.28. The fraction of sp³-hybridized carbons (Fsp3) is 0.167. The van der Waals surface area contributed by atoms with E-state index < -0.39 is 0 Å². The van der Waals surface area contributed by atoms with Crippen LogP contribution in [0.1, 0.15) is 21.6 Å². The molecule has 0 spiro atoms. The maximum Gasteiger partial charge on any atom is 0.172 e. The third-order valence-electron chi connectivity index (χ3n) is 2.44. The lowest BCUT2D eigenvalue weighted by Gasteiger charge is -2.06. The molecule has 4 nitrogen and oxygen atoms in total. The van der Waals surface area contributed by atoms with E-state index >= 15 is 0 Å². The Bertz CT molecular complexity index is 549. The number of aromatic hydroxyl groups is 2. The van der Waals surface area contributed by atoms with Crippen molar-refractivity contribution in [1.29, 1.82) is 0 Å². The van der Waals surface area contributed by atoms with E-state index in [-0.39, 0.29) is 29.3 Å². The van der Waals surface area contributed by atoms with Crippen LogP contribution in [-0.2, 0) is 6.42 Å². The maximum absolute atomic E-state index is 11.9. The third kappa shape index (κ3) is 2.45. The van der Waals surface area contributed by atoms with E-state index in [1.54, 1.807) is 17.8 Å². The lowest BCUT2D eigenvalue weighted by Crippen LogP contribution is -2.04. The molecule has 1 heterocycles. The summed E-state index contributed by atoms with van der Waals surface area (Å²) in [6, 6.07) is 2.67. The van der Waals surface area contributed by atoms with Gasteiger partial charge in [0.05, 0.1) is 23.2 Å². The molecule has 88 valence electrons. The van der Waals surface area contributed by atoms with Gasteiger partial charge in [0.2, 0.25) is 0 Å². The first-order valence-corrected chi connectivity index (χ1v) is 5.95. The van der Waals surface area contributed by atoms with E-state index in [9.17, 15) is 15.0 Å². The molecule has 1 aromatic heterocycles. The third-order valence-corrected chi connectivity index (χ3v) is 3.08. The van der Waals surface area contributed by atoms with Crippen molar-refractivity contribution < 1.29 is 15.0 Å². The number of aryl methyl sites for hydroxylation is 1. The number of Topliss-reactive ketones (excluding diaryl/α,β-unsaturated/α-hetero) is 1. The number of rotatable bonds is 3. The van der Waals surface area contributed by atoms with Crippen molar-refractivity contribution in [2.24, 2.45) is 0 Å². The number of hydrogen-bond donors (Lipinski definition) is 2.